The fraction of sp³-hybridized carbons (Fsp3) is 0.273. The molecular formula is C11H12N2O2S. The Bertz CT molecular complexity index is 462. The summed E-state index contributed by atoms with van der Waals surface area (Å²) in [5.74, 6) is 0.706. The largest absolute Gasteiger partial charge is 0.446 e. The summed E-state index contributed by atoms with van der Waals surface area (Å²) in [6, 6.07) is 3.89. The summed E-state index contributed by atoms with van der Waals surface area (Å²) in [5, 5.41) is 4.76. The van der Waals surface area contributed by atoms with Crippen LogP contribution in [0.15, 0.2) is 28.3 Å². The molecule has 2 aromatic heterocycles. The lowest BCUT2D eigenvalue weighted by Crippen LogP contribution is -2.24. The van der Waals surface area contributed by atoms with Gasteiger partial charge in [0.1, 0.15) is 5.76 Å². The Labute approximate surface area is 97.3 Å². The lowest BCUT2D eigenvalue weighted by molar-refractivity contribution is -0.120. The number of carbonyl (C=O) groups excluding carboxylic acids is 1. The molecule has 0 radical (unpaired) electrons. The number of nitrogens with one attached hydrogen (secondary N) is 1. The average molecular weight is 236 g/mol. The van der Waals surface area contributed by atoms with E-state index in [9.17, 15) is 4.79 Å². The van der Waals surface area contributed by atoms with Crippen molar-refractivity contribution in [3.63, 3.8) is 0 Å². The first-order chi connectivity index (χ1) is 7.75. The summed E-state index contributed by atoms with van der Waals surface area (Å²) < 4.78 is 5.13. The van der Waals surface area contributed by atoms with Crippen LogP contribution < -0.4 is 5.32 Å². The van der Waals surface area contributed by atoms with Crippen LogP contribution in [0.5, 0.6) is 0 Å². The molecule has 0 unspecified atom stereocenters. The molecule has 0 fully saturated rings. The molecule has 1 N–H and O–H groups in total. The number of nitrogens with zero attached hydrogens (tertiary/aromatic N) is 1. The van der Waals surface area contributed by atoms with Crippen molar-refractivity contribution in [2.45, 2.75) is 19.9 Å². The van der Waals surface area contributed by atoms with Crippen molar-refractivity contribution >= 4 is 17.2 Å². The zero-order chi connectivity index (χ0) is 11.4. The molecule has 16 heavy (non-hydrogen) atoms. The van der Waals surface area contributed by atoms with Crippen molar-refractivity contribution < 1.29 is 9.21 Å². The number of hydrogen-bond donors (Lipinski definition) is 1. The maximum absolute atomic E-state index is 11.6. The van der Waals surface area contributed by atoms with Gasteiger partial charge in [0, 0.05) is 4.88 Å². The lowest BCUT2D eigenvalue weighted by Gasteiger charge is -2.01. The highest BCUT2D eigenvalue weighted by atomic mass is 32.1. The molecule has 2 heterocycles. The monoisotopic (exact) mass is 236 g/mol. The molecule has 2 rings (SSSR count). The molecule has 0 bridgehead atoms. The van der Waals surface area contributed by atoms with Crippen LogP contribution in [-0.2, 0) is 17.8 Å². The van der Waals surface area contributed by atoms with Crippen LogP contribution in [0, 0.1) is 6.92 Å². The molecule has 1 amide bonds. The highest BCUT2D eigenvalue weighted by Crippen LogP contribution is 2.09. The van der Waals surface area contributed by atoms with Crippen LogP contribution >= 0.6 is 11.3 Å². The molecule has 5 heteroatoms. The van der Waals surface area contributed by atoms with Gasteiger partial charge in [-0.1, -0.05) is 6.07 Å². The average Bonchev–Trinajstić information content (AvgIpc) is 2.87. The van der Waals surface area contributed by atoms with E-state index >= 15 is 0 Å². The van der Waals surface area contributed by atoms with Gasteiger partial charge >= 0.3 is 0 Å². The van der Waals surface area contributed by atoms with Gasteiger partial charge in [-0.25, -0.2) is 4.98 Å². The van der Waals surface area contributed by atoms with E-state index in [0.29, 0.717) is 18.7 Å². The maximum Gasteiger partial charge on any atom is 0.225 e. The first kappa shape index (κ1) is 10.9. The van der Waals surface area contributed by atoms with E-state index < -0.39 is 0 Å². The molecule has 0 spiro atoms. The van der Waals surface area contributed by atoms with Gasteiger partial charge < -0.3 is 9.73 Å². The van der Waals surface area contributed by atoms with E-state index in [1.165, 1.54) is 6.39 Å². The van der Waals surface area contributed by atoms with Crippen LogP contribution in [-0.4, -0.2) is 10.9 Å². The molecule has 0 atom stereocenters. The molecule has 0 aromatic carbocycles. The number of aromatic nitrogens is 1. The standard InChI is InChI=1S/C11H12N2O2S/c1-8-10(15-7-13-8)6-12-11(14)5-9-3-2-4-16-9/h2-4,7H,5-6H2,1H3,(H,12,14). The fourth-order valence-electron chi connectivity index (χ4n) is 1.31. The fourth-order valence-corrected chi connectivity index (χ4v) is 2.01. The van der Waals surface area contributed by atoms with E-state index in [0.717, 1.165) is 10.6 Å². The number of oxazole rings is 1. The Morgan fingerprint density at radius 2 is 2.50 bits per heavy atom. The van der Waals surface area contributed by atoms with E-state index in [1.807, 2.05) is 24.4 Å². The van der Waals surface area contributed by atoms with Gasteiger partial charge in [0.2, 0.25) is 5.91 Å². The van der Waals surface area contributed by atoms with E-state index in [4.69, 9.17) is 4.42 Å². The van der Waals surface area contributed by atoms with Gasteiger partial charge in [-0.2, -0.15) is 0 Å². The normalized spacial score (nSPS) is 10.3. The Kier molecular flexibility index (Phi) is 3.36. The molecule has 0 saturated carbocycles. The highest BCUT2D eigenvalue weighted by Gasteiger charge is 2.07. The van der Waals surface area contributed by atoms with Crippen molar-refractivity contribution in [3.05, 3.63) is 40.2 Å². The van der Waals surface area contributed by atoms with E-state index in [1.54, 1.807) is 11.3 Å². The summed E-state index contributed by atoms with van der Waals surface area (Å²) in [4.78, 5) is 16.6. The third-order valence-electron chi connectivity index (χ3n) is 2.21. The minimum Gasteiger partial charge on any atom is -0.446 e. The van der Waals surface area contributed by atoms with Crippen LogP contribution in [0.1, 0.15) is 16.3 Å². The van der Waals surface area contributed by atoms with Crippen molar-refractivity contribution in [3.8, 4) is 0 Å². The summed E-state index contributed by atoms with van der Waals surface area (Å²) in [6.45, 7) is 2.25. The predicted octanol–water partition coefficient (Wildman–Crippen LogP) is 1.90. The van der Waals surface area contributed by atoms with Gasteiger partial charge in [0.25, 0.3) is 0 Å². The second-order valence-corrected chi connectivity index (χ2v) is 4.43. The summed E-state index contributed by atoms with van der Waals surface area (Å²) in [6.07, 6.45) is 1.81. The number of aryl methyl sites for hydroxylation is 1. The van der Waals surface area contributed by atoms with Crippen LogP contribution in [0.3, 0.4) is 0 Å². The summed E-state index contributed by atoms with van der Waals surface area (Å²) in [7, 11) is 0. The molecule has 2 aromatic rings. The smallest absolute Gasteiger partial charge is 0.225 e. The third kappa shape index (κ3) is 2.70. The second kappa shape index (κ2) is 4.94. The van der Waals surface area contributed by atoms with Gasteiger partial charge in [-0.15, -0.1) is 11.3 Å². The van der Waals surface area contributed by atoms with E-state index in [-0.39, 0.29) is 5.91 Å². The molecule has 0 aliphatic rings. The van der Waals surface area contributed by atoms with Gasteiger partial charge in [-0.05, 0) is 18.4 Å². The van der Waals surface area contributed by atoms with Crippen LogP contribution in [0.2, 0.25) is 0 Å². The predicted molar refractivity (Wildman–Crippen MR) is 61.1 cm³/mol. The summed E-state index contributed by atoms with van der Waals surface area (Å²) >= 11 is 1.58. The minimum absolute atomic E-state index is 0.00162. The lowest BCUT2D eigenvalue weighted by atomic mass is 10.3. The van der Waals surface area contributed by atoms with Gasteiger partial charge in [0.15, 0.2) is 6.39 Å². The Hall–Kier alpha value is -1.62. The number of amides is 1. The molecule has 0 aliphatic heterocycles. The maximum atomic E-state index is 11.6. The Morgan fingerprint density at radius 3 is 3.12 bits per heavy atom. The molecular weight excluding hydrogens is 224 g/mol. The van der Waals surface area contributed by atoms with Crippen molar-refractivity contribution in [1.82, 2.24) is 10.3 Å². The number of carbonyl (C=O) groups is 1. The molecule has 84 valence electrons. The quantitative estimate of drug-likeness (QED) is 0.882. The molecule has 0 saturated heterocycles. The summed E-state index contributed by atoms with van der Waals surface area (Å²) in [5.41, 5.74) is 0.816. The van der Waals surface area contributed by atoms with Gasteiger partial charge in [0.05, 0.1) is 18.7 Å². The van der Waals surface area contributed by atoms with Crippen molar-refractivity contribution in [2.24, 2.45) is 0 Å². The first-order valence-electron chi connectivity index (χ1n) is 4.94. The van der Waals surface area contributed by atoms with E-state index in [2.05, 4.69) is 10.3 Å². The number of thiophene rings is 1. The molecule has 4 nitrogen and oxygen atoms in total. The zero-order valence-electron chi connectivity index (χ0n) is 8.90. The van der Waals surface area contributed by atoms with Crippen molar-refractivity contribution in [2.75, 3.05) is 0 Å². The topological polar surface area (TPSA) is 55.1 Å². The van der Waals surface area contributed by atoms with Crippen molar-refractivity contribution in [1.29, 1.82) is 0 Å². The van der Waals surface area contributed by atoms with Crippen LogP contribution in [0.4, 0.5) is 0 Å². The Morgan fingerprint density at radius 1 is 1.62 bits per heavy atom. The second-order valence-electron chi connectivity index (χ2n) is 3.39. The third-order valence-corrected chi connectivity index (χ3v) is 3.08. The SMILES string of the molecule is Cc1ncoc1CNC(=O)Cc1cccs1. The number of rotatable bonds is 4. The Balaban J connectivity index is 1.82. The first-order valence-corrected chi connectivity index (χ1v) is 5.81. The minimum atomic E-state index is -0.00162. The van der Waals surface area contributed by atoms with Crippen LogP contribution in [0.25, 0.3) is 0 Å². The zero-order valence-corrected chi connectivity index (χ0v) is 9.71. The number of hydrogen-bond acceptors (Lipinski definition) is 4. The molecule has 0 aliphatic carbocycles. The van der Waals surface area contributed by atoms with Gasteiger partial charge in [-0.3, -0.25) is 4.79 Å². The highest BCUT2D eigenvalue weighted by molar-refractivity contribution is 7.10.